The molecule has 0 heterocycles. The first-order valence-electron chi connectivity index (χ1n) is 7.63. The summed E-state index contributed by atoms with van der Waals surface area (Å²) in [4.78, 5) is 11.3. The van der Waals surface area contributed by atoms with Crippen LogP contribution in [0.4, 0.5) is 0 Å². The minimum atomic E-state index is 0.0614. The Balaban J connectivity index is 3.08. The fourth-order valence-electron chi connectivity index (χ4n) is 1.52. The molecule has 0 saturated carbocycles. The van der Waals surface area contributed by atoms with Crippen molar-refractivity contribution < 1.29 is 14.3 Å². The topological polar surface area (TPSA) is 47.6 Å². The Bertz CT molecular complexity index is 235. The van der Waals surface area contributed by atoms with Crippen LogP contribution in [0.2, 0.25) is 0 Å². The molecule has 0 rings (SSSR count). The Morgan fingerprint density at radius 2 is 1.65 bits per heavy atom. The molecule has 0 aromatic rings. The molecule has 0 bridgehead atoms. The number of Topliss-reactive ketones (excluding diaryl/α,β-unsaturated/α-hetero) is 1. The lowest BCUT2D eigenvalue weighted by Gasteiger charge is -2.08. The van der Waals surface area contributed by atoms with Gasteiger partial charge in [0.25, 0.3) is 0 Å². The number of hydrogen-bond acceptors (Lipinski definition) is 5. The Labute approximate surface area is 129 Å². The summed E-state index contributed by atoms with van der Waals surface area (Å²) in [5, 5.41) is 3.54. The fourth-order valence-corrected chi connectivity index (χ4v) is 1.65. The highest BCUT2D eigenvalue weighted by molar-refractivity contribution is 7.80. The molecule has 0 amide bonds. The summed E-state index contributed by atoms with van der Waals surface area (Å²) in [6.07, 6.45) is 4.28. The largest absolute Gasteiger partial charge is 0.381 e. The number of ketones is 1. The highest BCUT2D eigenvalue weighted by Gasteiger charge is 2.06. The maximum Gasteiger partial charge on any atom is 0.160 e. The Morgan fingerprint density at radius 3 is 2.30 bits per heavy atom. The lowest BCUT2D eigenvalue weighted by atomic mass is 10.1. The third-order valence-corrected chi connectivity index (χ3v) is 3.05. The maximum absolute atomic E-state index is 11.3. The van der Waals surface area contributed by atoms with Crippen molar-refractivity contribution in [3.05, 3.63) is 0 Å². The van der Waals surface area contributed by atoms with Crippen molar-refractivity contribution in [2.75, 3.05) is 33.0 Å². The van der Waals surface area contributed by atoms with Crippen molar-refractivity contribution in [2.45, 2.75) is 51.8 Å². The predicted octanol–water partition coefficient (Wildman–Crippen LogP) is 2.67. The first-order valence-corrected chi connectivity index (χ1v) is 8.15. The summed E-state index contributed by atoms with van der Waals surface area (Å²) in [6, 6.07) is 0. The van der Waals surface area contributed by atoms with Gasteiger partial charge in [-0.1, -0.05) is 13.8 Å². The van der Waals surface area contributed by atoms with Crippen LogP contribution in [0.5, 0.6) is 0 Å². The van der Waals surface area contributed by atoms with E-state index in [1.807, 2.05) is 20.8 Å². The number of hydrogen-bond donors (Lipinski definition) is 2. The SMILES string of the molecule is CC(S)NCCCCCOCCCOCC(=O)C(C)C. The zero-order valence-electron chi connectivity index (χ0n) is 13.2. The smallest absolute Gasteiger partial charge is 0.160 e. The van der Waals surface area contributed by atoms with Crippen LogP contribution in [0.3, 0.4) is 0 Å². The molecule has 20 heavy (non-hydrogen) atoms. The molecule has 0 spiro atoms. The first-order chi connectivity index (χ1) is 9.54. The zero-order valence-corrected chi connectivity index (χ0v) is 14.1. The second-order valence-corrected chi connectivity index (χ2v) is 6.10. The van der Waals surface area contributed by atoms with E-state index in [1.54, 1.807) is 0 Å². The maximum atomic E-state index is 11.3. The van der Waals surface area contributed by atoms with Gasteiger partial charge in [-0.3, -0.25) is 4.79 Å². The Kier molecular flexibility index (Phi) is 13.8. The number of carbonyl (C=O) groups excluding carboxylic acids is 1. The van der Waals surface area contributed by atoms with Gasteiger partial charge in [-0.05, 0) is 39.2 Å². The van der Waals surface area contributed by atoms with E-state index >= 15 is 0 Å². The van der Waals surface area contributed by atoms with Crippen LogP contribution in [0.1, 0.15) is 46.5 Å². The summed E-state index contributed by atoms with van der Waals surface area (Å²) >= 11 is 4.25. The van der Waals surface area contributed by atoms with E-state index in [4.69, 9.17) is 9.47 Å². The van der Waals surface area contributed by atoms with Crippen LogP contribution < -0.4 is 5.32 Å². The van der Waals surface area contributed by atoms with Gasteiger partial charge in [-0.2, -0.15) is 12.6 Å². The molecule has 5 heteroatoms. The molecule has 0 aromatic carbocycles. The van der Waals surface area contributed by atoms with E-state index < -0.39 is 0 Å². The molecule has 0 fully saturated rings. The molecule has 4 nitrogen and oxygen atoms in total. The van der Waals surface area contributed by atoms with E-state index in [9.17, 15) is 4.79 Å². The molecule has 1 atom stereocenters. The molecule has 0 saturated heterocycles. The second kappa shape index (κ2) is 13.9. The van der Waals surface area contributed by atoms with Gasteiger partial charge in [0.05, 0.1) is 0 Å². The average molecular weight is 305 g/mol. The van der Waals surface area contributed by atoms with Gasteiger partial charge in [0.2, 0.25) is 0 Å². The lowest BCUT2D eigenvalue weighted by molar-refractivity contribution is -0.126. The second-order valence-electron chi connectivity index (χ2n) is 5.33. The number of unbranched alkanes of at least 4 members (excludes halogenated alkanes) is 2. The first kappa shape index (κ1) is 19.9. The summed E-state index contributed by atoms with van der Waals surface area (Å²) < 4.78 is 10.8. The lowest BCUT2D eigenvalue weighted by Crippen LogP contribution is -2.21. The molecule has 0 aliphatic heterocycles. The van der Waals surface area contributed by atoms with Crippen LogP contribution in [0.25, 0.3) is 0 Å². The summed E-state index contributed by atoms with van der Waals surface area (Å²) in [5.74, 6) is 0.223. The van der Waals surface area contributed by atoms with Gasteiger partial charge >= 0.3 is 0 Å². The summed E-state index contributed by atoms with van der Waals surface area (Å²) in [5.41, 5.74) is 0. The number of nitrogens with one attached hydrogen (secondary N) is 1. The van der Waals surface area contributed by atoms with Crippen LogP contribution >= 0.6 is 12.6 Å². The standard InChI is InChI=1S/C15H31NO3S/c1-13(2)15(17)12-19-11-7-10-18-9-6-4-5-8-16-14(3)20/h13-14,16,20H,4-12H2,1-3H3. The summed E-state index contributed by atoms with van der Waals surface area (Å²) in [7, 11) is 0. The minimum Gasteiger partial charge on any atom is -0.381 e. The van der Waals surface area contributed by atoms with Crippen LogP contribution in [0, 0.1) is 5.92 Å². The van der Waals surface area contributed by atoms with E-state index in [-0.39, 0.29) is 23.7 Å². The third-order valence-electron chi connectivity index (χ3n) is 2.87. The normalized spacial score (nSPS) is 12.8. The number of rotatable bonds is 14. The van der Waals surface area contributed by atoms with E-state index in [0.29, 0.717) is 13.2 Å². The van der Waals surface area contributed by atoms with Crippen molar-refractivity contribution in [3.63, 3.8) is 0 Å². The highest BCUT2D eigenvalue weighted by Crippen LogP contribution is 1.98. The van der Waals surface area contributed by atoms with Gasteiger partial charge in [-0.15, -0.1) is 0 Å². The Morgan fingerprint density at radius 1 is 1.00 bits per heavy atom. The molecule has 0 radical (unpaired) electrons. The average Bonchev–Trinajstić information content (AvgIpc) is 2.39. The molecule has 1 unspecified atom stereocenters. The number of thiol groups is 1. The number of carbonyl (C=O) groups is 1. The van der Waals surface area contributed by atoms with Gasteiger partial charge in [-0.25, -0.2) is 0 Å². The van der Waals surface area contributed by atoms with Gasteiger partial charge in [0, 0.05) is 31.1 Å². The molecule has 0 aliphatic carbocycles. The van der Waals surface area contributed by atoms with E-state index in [1.165, 1.54) is 6.42 Å². The van der Waals surface area contributed by atoms with Crippen LogP contribution in [0.15, 0.2) is 0 Å². The number of ether oxygens (including phenoxy) is 2. The molecular formula is C15H31NO3S. The van der Waals surface area contributed by atoms with Gasteiger partial charge in [0.1, 0.15) is 6.61 Å². The summed E-state index contributed by atoms with van der Waals surface area (Å²) in [6.45, 7) is 9.17. The van der Waals surface area contributed by atoms with E-state index in [2.05, 4.69) is 17.9 Å². The van der Waals surface area contributed by atoms with Crippen molar-refractivity contribution in [3.8, 4) is 0 Å². The van der Waals surface area contributed by atoms with Crippen LogP contribution in [-0.2, 0) is 14.3 Å². The van der Waals surface area contributed by atoms with Crippen molar-refractivity contribution in [1.82, 2.24) is 5.32 Å². The monoisotopic (exact) mass is 305 g/mol. The molecule has 1 N–H and O–H groups in total. The van der Waals surface area contributed by atoms with Crippen LogP contribution in [-0.4, -0.2) is 44.1 Å². The molecule has 120 valence electrons. The highest BCUT2D eigenvalue weighted by atomic mass is 32.1. The Hall–Kier alpha value is -0.100. The fraction of sp³-hybridized carbons (Fsp3) is 0.933. The van der Waals surface area contributed by atoms with Gasteiger partial charge < -0.3 is 14.8 Å². The molecule has 0 aliphatic rings. The molecular weight excluding hydrogens is 274 g/mol. The minimum absolute atomic E-state index is 0.0614. The van der Waals surface area contributed by atoms with E-state index in [0.717, 1.165) is 32.4 Å². The molecule has 0 aromatic heterocycles. The van der Waals surface area contributed by atoms with Gasteiger partial charge in [0.15, 0.2) is 5.78 Å². The third kappa shape index (κ3) is 14.3. The predicted molar refractivity (Wildman–Crippen MR) is 86.4 cm³/mol. The van der Waals surface area contributed by atoms with Crippen molar-refractivity contribution in [1.29, 1.82) is 0 Å². The van der Waals surface area contributed by atoms with Crippen molar-refractivity contribution >= 4 is 18.4 Å². The van der Waals surface area contributed by atoms with Crippen molar-refractivity contribution in [2.24, 2.45) is 5.92 Å². The quantitative estimate of drug-likeness (QED) is 0.294. The zero-order chi connectivity index (χ0) is 15.2.